The minimum Gasteiger partial charge on any atom is -0.304 e. The summed E-state index contributed by atoms with van der Waals surface area (Å²) in [5, 5.41) is 4.30. The van der Waals surface area contributed by atoms with E-state index in [4.69, 9.17) is 11.6 Å². The second kappa shape index (κ2) is 6.64. The van der Waals surface area contributed by atoms with E-state index in [1.807, 2.05) is 18.2 Å². The van der Waals surface area contributed by atoms with Gasteiger partial charge in [0.2, 0.25) is 0 Å². The average Bonchev–Trinajstić information content (AvgIpc) is 2.42. The lowest BCUT2D eigenvalue weighted by molar-refractivity contribution is 0.408. The van der Waals surface area contributed by atoms with Crippen LogP contribution in [0.2, 0.25) is 5.02 Å². The summed E-state index contributed by atoms with van der Waals surface area (Å²) in [5.41, 5.74) is 2.24. The maximum atomic E-state index is 5.93. The van der Waals surface area contributed by atoms with E-state index in [1.54, 1.807) is 12.5 Å². The Morgan fingerprint density at radius 3 is 2.47 bits per heavy atom. The number of hydrogen-bond acceptors (Lipinski definition) is 3. The Bertz CT molecular complexity index is 497. The first-order valence-electron chi connectivity index (χ1n) is 6.40. The van der Waals surface area contributed by atoms with Gasteiger partial charge in [-0.3, -0.25) is 0 Å². The Morgan fingerprint density at radius 2 is 1.89 bits per heavy atom. The monoisotopic (exact) mass is 275 g/mol. The van der Waals surface area contributed by atoms with Gasteiger partial charge in [-0.05, 0) is 29.7 Å². The number of halogens is 1. The lowest BCUT2D eigenvalue weighted by Crippen LogP contribution is -2.25. The van der Waals surface area contributed by atoms with Crippen molar-refractivity contribution in [1.29, 1.82) is 0 Å². The summed E-state index contributed by atoms with van der Waals surface area (Å²) in [5.74, 6) is 0.489. The molecule has 0 amide bonds. The van der Waals surface area contributed by atoms with Gasteiger partial charge < -0.3 is 5.32 Å². The minimum absolute atomic E-state index is 0.284. The van der Waals surface area contributed by atoms with Gasteiger partial charge in [-0.1, -0.05) is 37.6 Å². The molecule has 0 aliphatic rings. The van der Waals surface area contributed by atoms with Crippen LogP contribution in [0.25, 0.3) is 0 Å². The zero-order chi connectivity index (χ0) is 13.7. The van der Waals surface area contributed by atoms with Gasteiger partial charge in [0.05, 0.1) is 5.69 Å². The Labute approximate surface area is 119 Å². The highest BCUT2D eigenvalue weighted by atomic mass is 35.5. The first-order valence-corrected chi connectivity index (χ1v) is 6.78. The molecule has 0 saturated heterocycles. The standard InChI is InChI=1S/C15H18ClN3/c1-11(2)15(12-3-5-13(16)6-4-12)18-9-14-7-8-17-10-19-14/h3-8,10-11,15,18H,9H2,1-2H3. The van der Waals surface area contributed by atoms with Gasteiger partial charge in [-0.25, -0.2) is 9.97 Å². The molecule has 0 radical (unpaired) electrons. The molecule has 0 aliphatic heterocycles. The number of nitrogens with one attached hydrogen (secondary N) is 1. The van der Waals surface area contributed by atoms with Crippen LogP contribution >= 0.6 is 11.6 Å². The molecule has 1 N–H and O–H groups in total. The van der Waals surface area contributed by atoms with E-state index >= 15 is 0 Å². The molecule has 0 saturated carbocycles. The van der Waals surface area contributed by atoms with Crippen molar-refractivity contribution in [2.24, 2.45) is 5.92 Å². The third-order valence-electron chi connectivity index (χ3n) is 3.04. The Balaban J connectivity index is 2.06. The SMILES string of the molecule is CC(C)C(NCc1ccncn1)c1ccc(Cl)cc1. The summed E-state index contributed by atoms with van der Waals surface area (Å²) >= 11 is 5.93. The smallest absolute Gasteiger partial charge is 0.115 e. The molecule has 19 heavy (non-hydrogen) atoms. The van der Waals surface area contributed by atoms with E-state index in [0.717, 1.165) is 17.3 Å². The first kappa shape index (κ1) is 14.0. The van der Waals surface area contributed by atoms with Crippen molar-refractivity contribution in [3.05, 3.63) is 59.1 Å². The second-order valence-electron chi connectivity index (χ2n) is 4.85. The van der Waals surface area contributed by atoms with Crippen LogP contribution in [0.3, 0.4) is 0 Å². The molecular weight excluding hydrogens is 258 g/mol. The molecule has 0 bridgehead atoms. The molecule has 3 nitrogen and oxygen atoms in total. The molecule has 1 aromatic heterocycles. The fraction of sp³-hybridized carbons (Fsp3) is 0.333. The van der Waals surface area contributed by atoms with Crippen LogP contribution in [0.5, 0.6) is 0 Å². The lowest BCUT2D eigenvalue weighted by Gasteiger charge is -2.23. The molecule has 0 fully saturated rings. The Morgan fingerprint density at radius 1 is 1.16 bits per heavy atom. The van der Waals surface area contributed by atoms with Crippen molar-refractivity contribution in [3.8, 4) is 0 Å². The van der Waals surface area contributed by atoms with E-state index in [0.29, 0.717) is 5.92 Å². The third-order valence-corrected chi connectivity index (χ3v) is 3.29. The molecule has 1 aromatic carbocycles. The van der Waals surface area contributed by atoms with Crippen molar-refractivity contribution in [2.75, 3.05) is 0 Å². The van der Waals surface area contributed by atoms with Crippen molar-refractivity contribution in [3.63, 3.8) is 0 Å². The largest absolute Gasteiger partial charge is 0.304 e. The van der Waals surface area contributed by atoms with Gasteiger partial charge in [0, 0.05) is 23.8 Å². The predicted octanol–water partition coefficient (Wildman–Crippen LogP) is 3.62. The van der Waals surface area contributed by atoms with Crippen LogP contribution in [0.1, 0.15) is 31.1 Å². The highest BCUT2D eigenvalue weighted by Gasteiger charge is 2.15. The maximum Gasteiger partial charge on any atom is 0.115 e. The summed E-state index contributed by atoms with van der Waals surface area (Å²) < 4.78 is 0. The topological polar surface area (TPSA) is 37.8 Å². The molecule has 1 heterocycles. The summed E-state index contributed by atoms with van der Waals surface area (Å²) in [6, 6.07) is 10.2. The normalized spacial score (nSPS) is 12.6. The Hall–Kier alpha value is -1.45. The van der Waals surface area contributed by atoms with E-state index in [9.17, 15) is 0 Å². The number of hydrogen-bond donors (Lipinski definition) is 1. The van der Waals surface area contributed by atoms with E-state index in [-0.39, 0.29) is 6.04 Å². The van der Waals surface area contributed by atoms with Crippen LogP contribution in [0, 0.1) is 5.92 Å². The van der Waals surface area contributed by atoms with Crippen molar-refractivity contribution in [2.45, 2.75) is 26.4 Å². The summed E-state index contributed by atoms with van der Waals surface area (Å²) in [6.07, 6.45) is 3.33. The molecule has 2 aromatic rings. The van der Waals surface area contributed by atoms with Gasteiger partial charge in [-0.2, -0.15) is 0 Å². The van der Waals surface area contributed by atoms with E-state index in [2.05, 4.69) is 41.3 Å². The number of rotatable bonds is 5. The van der Waals surface area contributed by atoms with Gasteiger partial charge >= 0.3 is 0 Å². The molecule has 1 unspecified atom stereocenters. The summed E-state index contributed by atoms with van der Waals surface area (Å²) in [6.45, 7) is 5.13. The zero-order valence-electron chi connectivity index (χ0n) is 11.2. The second-order valence-corrected chi connectivity index (χ2v) is 5.29. The van der Waals surface area contributed by atoms with Crippen LogP contribution in [-0.2, 0) is 6.54 Å². The van der Waals surface area contributed by atoms with Gasteiger partial charge in [-0.15, -0.1) is 0 Å². The molecule has 0 spiro atoms. The summed E-state index contributed by atoms with van der Waals surface area (Å²) in [4.78, 5) is 8.15. The van der Waals surface area contributed by atoms with Crippen LogP contribution in [0.15, 0.2) is 42.9 Å². The molecule has 100 valence electrons. The van der Waals surface area contributed by atoms with Crippen molar-refractivity contribution >= 4 is 11.6 Å². The van der Waals surface area contributed by atoms with Crippen molar-refractivity contribution in [1.82, 2.24) is 15.3 Å². The maximum absolute atomic E-state index is 5.93. The van der Waals surface area contributed by atoms with E-state index < -0.39 is 0 Å². The predicted molar refractivity (Wildman–Crippen MR) is 77.9 cm³/mol. The fourth-order valence-electron chi connectivity index (χ4n) is 2.05. The quantitative estimate of drug-likeness (QED) is 0.906. The molecule has 1 atom stereocenters. The van der Waals surface area contributed by atoms with Crippen LogP contribution < -0.4 is 5.32 Å². The number of benzene rings is 1. The first-order chi connectivity index (χ1) is 9.16. The molecule has 0 aliphatic carbocycles. The van der Waals surface area contributed by atoms with Crippen molar-refractivity contribution < 1.29 is 0 Å². The van der Waals surface area contributed by atoms with Crippen LogP contribution in [-0.4, -0.2) is 9.97 Å². The fourth-order valence-corrected chi connectivity index (χ4v) is 2.17. The number of nitrogens with zero attached hydrogens (tertiary/aromatic N) is 2. The molecule has 4 heteroatoms. The lowest BCUT2D eigenvalue weighted by atomic mass is 9.96. The highest BCUT2D eigenvalue weighted by molar-refractivity contribution is 6.30. The molecular formula is C15H18ClN3. The Kier molecular flexibility index (Phi) is 4.88. The highest BCUT2D eigenvalue weighted by Crippen LogP contribution is 2.23. The molecule has 2 rings (SSSR count). The third kappa shape index (κ3) is 4.01. The number of aromatic nitrogens is 2. The van der Waals surface area contributed by atoms with Crippen LogP contribution in [0.4, 0.5) is 0 Å². The van der Waals surface area contributed by atoms with Gasteiger partial charge in [0.15, 0.2) is 0 Å². The minimum atomic E-state index is 0.284. The van der Waals surface area contributed by atoms with Gasteiger partial charge in [0.1, 0.15) is 6.33 Å². The summed E-state index contributed by atoms with van der Waals surface area (Å²) in [7, 11) is 0. The van der Waals surface area contributed by atoms with E-state index in [1.165, 1.54) is 5.56 Å². The zero-order valence-corrected chi connectivity index (χ0v) is 11.9. The average molecular weight is 276 g/mol. The van der Waals surface area contributed by atoms with Gasteiger partial charge in [0.25, 0.3) is 0 Å².